The number of ether oxygens (including phenoxy) is 2. The summed E-state index contributed by atoms with van der Waals surface area (Å²) in [5, 5.41) is 1.90. The summed E-state index contributed by atoms with van der Waals surface area (Å²) < 4.78 is 26.8. The Hall–Kier alpha value is -3.29. The molecule has 0 saturated heterocycles. The van der Waals surface area contributed by atoms with Crippen LogP contribution in [0.25, 0.3) is 21.9 Å². The first-order valence-corrected chi connectivity index (χ1v) is 11.6. The van der Waals surface area contributed by atoms with E-state index in [0.29, 0.717) is 11.3 Å². The zero-order valence-corrected chi connectivity index (χ0v) is 21.1. The van der Waals surface area contributed by atoms with Crippen LogP contribution in [0.5, 0.6) is 5.75 Å². The fourth-order valence-electron chi connectivity index (χ4n) is 3.61. The molecule has 1 atom stereocenters. The molecule has 0 aliphatic rings. The van der Waals surface area contributed by atoms with Gasteiger partial charge >= 0.3 is 6.09 Å². The monoisotopic (exact) mass is 515 g/mol. The summed E-state index contributed by atoms with van der Waals surface area (Å²) in [5.41, 5.74) is 7.35. The van der Waals surface area contributed by atoms with Crippen LogP contribution in [0, 0.1) is 5.82 Å². The van der Waals surface area contributed by atoms with Gasteiger partial charge in [0.05, 0.1) is 5.02 Å². The van der Waals surface area contributed by atoms with Gasteiger partial charge in [-0.1, -0.05) is 35.3 Å². The van der Waals surface area contributed by atoms with E-state index in [1.165, 1.54) is 16.7 Å². The van der Waals surface area contributed by atoms with Gasteiger partial charge in [-0.15, -0.1) is 0 Å². The van der Waals surface area contributed by atoms with Crippen molar-refractivity contribution in [3.63, 3.8) is 0 Å². The number of nitrogens with zero attached hydrogens (tertiary/aromatic N) is 2. The number of aromatic nitrogens is 2. The molecule has 2 N–H and O–H groups in total. The van der Waals surface area contributed by atoms with Crippen molar-refractivity contribution in [3.8, 4) is 16.9 Å². The topological polar surface area (TPSA) is 79.4 Å². The molecule has 9 heteroatoms. The molecule has 0 spiro atoms. The number of anilines is 1. The Kier molecular flexibility index (Phi) is 6.66. The second kappa shape index (κ2) is 9.40. The zero-order valence-electron chi connectivity index (χ0n) is 19.6. The molecule has 6 nitrogen and oxygen atoms in total. The molecular formula is C26H24Cl2FN3O3. The Labute approximate surface area is 212 Å². The summed E-state index contributed by atoms with van der Waals surface area (Å²) in [6.45, 7) is 7.15. The molecule has 0 fully saturated rings. The number of hydrogen-bond acceptors (Lipinski definition) is 5. The second-order valence-corrected chi connectivity index (χ2v) is 9.90. The number of fused-ring (bicyclic) bond motifs is 1. The van der Waals surface area contributed by atoms with Crippen LogP contribution in [0.1, 0.15) is 39.4 Å². The largest absolute Gasteiger partial charge is 0.482 e. The van der Waals surface area contributed by atoms with Crippen molar-refractivity contribution >= 4 is 45.9 Å². The van der Waals surface area contributed by atoms with Gasteiger partial charge in [0.1, 0.15) is 17.5 Å². The fraction of sp³-hybridized carbons (Fsp3) is 0.231. The minimum absolute atomic E-state index is 0.104. The van der Waals surface area contributed by atoms with E-state index in [9.17, 15) is 9.18 Å². The van der Waals surface area contributed by atoms with Crippen LogP contribution < -0.4 is 10.5 Å². The van der Waals surface area contributed by atoms with E-state index in [1.807, 2.05) is 39.0 Å². The third-order valence-electron chi connectivity index (χ3n) is 5.25. The number of carbonyl (C=O) groups excluding carboxylic acids is 1. The van der Waals surface area contributed by atoms with Crippen molar-refractivity contribution in [3.05, 3.63) is 76.4 Å². The maximum atomic E-state index is 14.0. The molecule has 2 aromatic carbocycles. The number of hydrogen-bond donors (Lipinski definition) is 1. The Morgan fingerprint density at radius 3 is 2.51 bits per heavy atom. The average Bonchev–Trinajstić information content (AvgIpc) is 3.21. The molecular weight excluding hydrogens is 492 g/mol. The predicted molar refractivity (Wildman–Crippen MR) is 137 cm³/mol. The summed E-state index contributed by atoms with van der Waals surface area (Å²) in [7, 11) is 0. The first-order chi connectivity index (χ1) is 16.4. The van der Waals surface area contributed by atoms with Crippen LogP contribution in [0.15, 0.2) is 55.0 Å². The first kappa shape index (κ1) is 24.8. The molecule has 182 valence electrons. The first-order valence-electron chi connectivity index (χ1n) is 10.8. The number of benzene rings is 2. The Morgan fingerprint density at radius 1 is 1.09 bits per heavy atom. The van der Waals surface area contributed by atoms with Gasteiger partial charge in [0.2, 0.25) is 0 Å². The minimum Gasteiger partial charge on any atom is -0.482 e. The highest BCUT2D eigenvalue weighted by Gasteiger charge is 2.21. The molecule has 0 aliphatic carbocycles. The van der Waals surface area contributed by atoms with Crippen LogP contribution in [-0.2, 0) is 4.74 Å². The molecule has 0 radical (unpaired) electrons. The van der Waals surface area contributed by atoms with Crippen molar-refractivity contribution in [2.75, 3.05) is 5.73 Å². The van der Waals surface area contributed by atoms with Gasteiger partial charge in [0.25, 0.3) is 0 Å². The van der Waals surface area contributed by atoms with Gasteiger partial charge in [0.15, 0.2) is 11.6 Å². The molecule has 2 aromatic heterocycles. The third-order valence-corrected chi connectivity index (χ3v) is 5.97. The Morgan fingerprint density at radius 2 is 1.80 bits per heavy atom. The Bertz CT molecular complexity index is 1430. The smallest absolute Gasteiger partial charge is 0.418 e. The van der Waals surface area contributed by atoms with Gasteiger partial charge in [-0.2, -0.15) is 0 Å². The quantitative estimate of drug-likeness (QED) is 0.282. The minimum atomic E-state index is -0.685. The summed E-state index contributed by atoms with van der Waals surface area (Å²) in [6.07, 6.45) is 3.92. The van der Waals surface area contributed by atoms with Crippen molar-refractivity contribution in [2.24, 2.45) is 0 Å². The lowest BCUT2D eigenvalue weighted by Gasteiger charge is -2.19. The van der Waals surface area contributed by atoms with Crippen molar-refractivity contribution in [1.82, 2.24) is 9.55 Å². The average molecular weight is 516 g/mol. The standard InChI is InChI=1S/C26H24Cl2FN3O3/c1-14(22-19(27)7-8-20(29)23(22)28)34-21-10-17(11-31-24(21)30)15-5-6-16-12-32(13-18(16)9-15)25(33)35-26(2,3)4/h5-14H,1-4H3,(H2,30,31). The highest BCUT2D eigenvalue weighted by Crippen LogP contribution is 2.37. The molecule has 0 amide bonds. The normalized spacial score (nSPS) is 12.5. The van der Waals surface area contributed by atoms with Crippen LogP contribution in [0.3, 0.4) is 0 Å². The lowest BCUT2D eigenvalue weighted by atomic mass is 10.0. The number of rotatable bonds is 4. The van der Waals surface area contributed by atoms with E-state index in [4.69, 9.17) is 38.4 Å². The molecule has 1 unspecified atom stereocenters. The van der Waals surface area contributed by atoms with Crippen LogP contribution in [0.4, 0.5) is 15.0 Å². The lowest BCUT2D eigenvalue weighted by Crippen LogP contribution is -2.26. The number of nitrogens with two attached hydrogens (primary N) is 1. The van der Waals surface area contributed by atoms with Gasteiger partial charge in [0, 0.05) is 45.5 Å². The van der Waals surface area contributed by atoms with E-state index in [1.54, 1.807) is 31.6 Å². The maximum Gasteiger partial charge on any atom is 0.418 e. The van der Waals surface area contributed by atoms with Gasteiger partial charge in [-0.05, 0) is 57.5 Å². The van der Waals surface area contributed by atoms with Crippen molar-refractivity contribution < 1.29 is 18.7 Å². The molecule has 0 saturated carbocycles. The van der Waals surface area contributed by atoms with Gasteiger partial charge < -0.3 is 15.2 Å². The number of nitrogen functional groups attached to an aromatic ring is 1. The fourth-order valence-corrected chi connectivity index (χ4v) is 4.29. The highest BCUT2D eigenvalue weighted by atomic mass is 35.5. The Balaban J connectivity index is 1.63. The predicted octanol–water partition coefficient (Wildman–Crippen LogP) is 7.65. The molecule has 0 aliphatic heterocycles. The van der Waals surface area contributed by atoms with E-state index in [0.717, 1.165) is 21.9 Å². The molecule has 35 heavy (non-hydrogen) atoms. The summed E-state index contributed by atoms with van der Waals surface area (Å²) >= 11 is 12.4. The van der Waals surface area contributed by atoms with E-state index >= 15 is 0 Å². The van der Waals surface area contributed by atoms with Crippen LogP contribution >= 0.6 is 23.2 Å². The lowest BCUT2D eigenvalue weighted by molar-refractivity contribution is 0.0538. The van der Waals surface area contributed by atoms with Crippen molar-refractivity contribution in [2.45, 2.75) is 39.4 Å². The van der Waals surface area contributed by atoms with Gasteiger partial charge in [-0.3, -0.25) is 4.57 Å². The summed E-state index contributed by atoms with van der Waals surface area (Å²) in [6, 6.07) is 10.1. The van der Waals surface area contributed by atoms with E-state index < -0.39 is 23.6 Å². The third kappa shape index (κ3) is 5.36. The van der Waals surface area contributed by atoms with E-state index in [2.05, 4.69) is 4.98 Å². The van der Waals surface area contributed by atoms with Crippen LogP contribution in [0.2, 0.25) is 10.0 Å². The number of carbonyl (C=O) groups is 1. The highest BCUT2D eigenvalue weighted by molar-refractivity contribution is 6.36. The molecule has 2 heterocycles. The molecule has 4 aromatic rings. The zero-order chi connectivity index (χ0) is 25.5. The van der Waals surface area contributed by atoms with Gasteiger partial charge in [-0.25, -0.2) is 14.2 Å². The summed E-state index contributed by atoms with van der Waals surface area (Å²) in [5.74, 6) is -0.118. The number of halogens is 3. The summed E-state index contributed by atoms with van der Waals surface area (Å²) in [4.78, 5) is 16.7. The number of pyridine rings is 1. The van der Waals surface area contributed by atoms with Crippen molar-refractivity contribution in [1.29, 1.82) is 0 Å². The SMILES string of the molecule is CC(Oc1cc(-c2ccc3cn(C(=O)OC(C)(C)C)cc3c2)cnc1N)c1c(Cl)ccc(F)c1Cl. The van der Waals surface area contributed by atoms with E-state index in [-0.39, 0.29) is 15.9 Å². The molecule has 0 bridgehead atoms. The molecule has 4 rings (SSSR count). The second-order valence-electron chi connectivity index (χ2n) is 9.11. The van der Waals surface area contributed by atoms with Crippen LogP contribution in [-0.4, -0.2) is 21.2 Å². The maximum absolute atomic E-state index is 14.0.